The highest BCUT2D eigenvalue weighted by Gasteiger charge is 2.56. The van der Waals surface area contributed by atoms with Crippen LogP contribution in [0.5, 0.6) is 0 Å². The number of nitrogens with zero attached hydrogens (tertiary/aromatic N) is 1. The molecule has 0 radical (unpaired) electrons. The Morgan fingerprint density at radius 2 is 1.65 bits per heavy atom. The Morgan fingerprint density at radius 3 is 2.25 bits per heavy atom. The number of Topliss-reactive ketones (excluding diaryl/α,β-unsaturated/α-hetero) is 2. The first kappa shape index (κ1) is 49.1. The molecule has 0 aromatic rings. The molecule has 1 unspecified atom stereocenters. The topological polar surface area (TPSA) is 189 Å². The first-order chi connectivity index (χ1) is 26.8. The molecule has 3 fully saturated rings. The van der Waals surface area contributed by atoms with E-state index in [-0.39, 0.29) is 54.9 Å². The number of hydrogen-bond donors (Lipinski definition) is 4. The van der Waals surface area contributed by atoms with E-state index < -0.39 is 77.8 Å². The second kappa shape index (κ2) is 22.4. The average molecular weight is 828 g/mol. The van der Waals surface area contributed by atoms with Gasteiger partial charge in [0.05, 0.1) is 35.9 Å². The maximum atomic E-state index is 13.7. The third-order valence-corrected chi connectivity index (χ3v) is 13.2. The number of rotatable bonds is 20. The highest BCUT2D eigenvalue weighted by Crippen LogP contribution is 2.39. The van der Waals surface area contributed by atoms with Crippen LogP contribution in [0.2, 0.25) is 0 Å². The van der Waals surface area contributed by atoms with Gasteiger partial charge in [0.15, 0.2) is 0 Å². The summed E-state index contributed by atoms with van der Waals surface area (Å²) in [5.41, 5.74) is 1.72. The molecule has 4 N–H and O–H groups in total. The van der Waals surface area contributed by atoms with Gasteiger partial charge in [-0.25, -0.2) is 4.79 Å². The maximum absolute atomic E-state index is 13.7. The van der Waals surface area contributed by atoms with Crippen molar-refractivity contribution in [3.8, 4) is 0 Å². The Balaban J connectivity index is 1.64. The van der Waals surface area contributed by atoms with Crippen LogP contribution in [0.4, 0.5) is 0 Å². The lowest BCUT2D eigenvalue weighted by atomic mass is 9.82. The van der Waals surface area contributed by atoms with Gasteiger partial charge in [0, 0.05) is 52.0 Å². The minimum atomic E-state index is -2.51. The van der Waals surface area contributed by atoms with Crippen LogP contribution in [-0.4, -0.2) is 130 Å². The fourth-order valence-electron chi connectivity index (χ4n) is 8.98. The van der Waals surface area contributed by atoms with Crippen molar-refractivity contribution in [3.05, 3.63) is 23.3 Å². The van der Waals surface area contributed by atoms with Crippen LogP contribution < -0.4 is 0 Å². The van der Waals surface area contributed by atoms with E-state index in [1.54, 1.807) is 21.0 Å². The van der Waals surface area contributed by atoms with Gasteiger partial charge in [-0.05, 0) is 95.5 Å². The smallest absolute Gasteiger partial charge is 0.326 e. The van der Waals surface area contributed by atoms with Gasteiger partial charge in [-0.15, -0.1) is 11.6 Å². The van der Waals surface area contributed by atoms with Crippen molar-refractivity contribution in [2.75, 3.05) is 27.9 Å². The second-order valence-corrected chi connectivity index (χ2v) is 17.6. The zero-order chi connectivity index (χ0) is 42.8. The Labute approximate surface area is 344 Å². The summed E-state index contributed by atoms with van der Waals surface area (Å²) in [4.78, 5) is 53.4. The first-order valence-corrected chi connectivity index (χ1v) is 21.2. The quantitative estimate of drug-likeness (QED) is 0.0711. The van der Waals surface area contributed by atoms with Crippen LogP contribution in [-0.2, 0) is 38.1 Å². The number of ketones is 2. The summed E-state index contributed by atoms with van der Waals surface area (Å²) >= 11 is 6.39. The number of allylic oxidation sites excluding steroid dienone is 3. The van der Waals surface area contributed by atoms with Gasteiger partial charge in [-0.3, -0.25) is 14.4 Å². The van der Waals surface area contributed by atoms with Crippen LogP contribution in [0.3, 0.4) is 0 Å². The van der Waals surface area contributed by atoms with Gasteiger partial charge >= 0.3 is 5.97 Å². The number of halogens is 1. The average Bonchev–Trinajstić information content (AvgIpc) is 3.19. The van der Waals surface area contributed by atoms with Gasteiger partial charge < -0.3 is 44.3 Å². The number of piperidine rings is 1. The van der Waals surface area contributed by atoms with E-state index in [1.807, 2.05) is 39.8 Å². The van der Waals surface area contributed by atoms with E-state index in [0.29, 0.717) is 32.1 Å². The maximum Gasteiger partial charge on any atom is 0.326 e. The molecule has 1 saturated carbocycles. The number of hydrogen-bond acceptors (Lipinski definition) is 11. The highest BCUT2D eigenvalue weighted by atomic mass is 35.5. The number of aliphatic carboxylic acids is 1. The molecule has 1 aliphatic carbocycles. The lowest BCUT2D eigenvalue weighted by Gasteiger charge is -2.47. The van der Waals surface area contributed by atoms with Crippen LogP contribution in [0.15, 0.2) is 23.3 Å². The van der Waals surface area contributed by atoms with E-state index in [9.17, 15) is 39.6 Å². The molecule has 2 aliphatic heterocycles. The van der Waals surface area contributed by atoms with Crippen molar-refractivity contribution >= 4 is 35.0 Å². The molecular formula is C43H70ClNO12. The Kier molecular flexibility index (Phi) is 19.3. The third-order valence-electron chi connectivity index (χ3n) is 12.7. The summed E-state index contributed by atoms with van der Waals surface area (Å²) in [6.45, 7) is 11.2. The number of carbonyl (C=O) groups excluding carboxylic acids is 3. The van der Waals surface area contributed by atoms with Crippen molar-refractivity contribution in [2.24, 2.45) is 29.6 Å². The van der Waals surface area contributed by atoms with Crippen LogP contribution in [0, 0.1) is 29.6 Å². The zero-order valence-corrected chi connectivity index (χ0v) is 36.3. The molecule has 3 aliphatic rings. The van der Waals surface area contributed by atoms with Crippen LogP contribution >= 0.6 is 11.6 Å². The molecule has 13 nitrogen and oxygen atoms in total. The lowest BCUT2D eigenvalue weighted by Crippen LogP contribution is -2.64. The summed E-state index contributed by atoms with van der Waals surface area (Å²) in [6, 6.07) is -1.15. The van der Waals surface area contributed by atoms with Crippen molar-refractivity contribution < 1.29 is 58.6 Å². The number of methoxy groups -OCH3 is 3. The number of likely N-dealkylation sites (tertiary alicyclic amines) is 1. The van der Waals surface area contributed by atoms with Crippen molar-refractivity contribution in [2.45, 2.75) is 166 Å². The standard InChI is InChI=1S/C43H70ClNO12/c1-10-30(34(47)23-33(46)28(6)38(48)26(4)20-29-14-15-31(44)35(22-29)54-7)18-24(2)17-25(3)19-36(55-8)39-37(56-9)21-27(5)43(53,57-39)40(49)41(50)45-16-12-11-13-32(45)42(51)52/h18,20,25,27-33,35-39,46,48,53H,10-17,19,21-23H2,1-9H3,(H,51,52)/b24-18+,26-20+/t25-,27+,28+,29?,30+,31-,32-,33-,35+,36-,37-,38+,39+,43+/m0/s1. The summed E-state index contributed by atoms with van der Waals surface area (Å²) in [5, 5.41) is 43.5. The number of carbonyl (C=O) groups is 4. The Bertz CT molecular complexity index is 1420. The van der Waals surface area contributed by atoms with Gasteiger partial charge in [-0.2, -0.15) is 0 Å². The number of aliphatic hydroxyl groups is 3. The zero-order valence-electron chi connectivity index (χ0n) is 35.5. The van der Waals surface area contributed by atoms with E-state index in [4.69, 9.17) is 30.5 Å². The molecular weight excluding hydrogens is 758 g/mol. The summed E-state index contributed by atoms with van der Waals surface area (Å²) < 4.78 is 23.2. The van der Waals surface area contributed by atoms with Crippen LogP contribution in [0.1, 0.15) is 112 Å². The fraction of sp³-hybridized carbons (Fsp3) is 0.814. The Morgan fingerprint density at radius 1 is 0.982 bits per heavy atom. The van der Waals surface area contributed by atoms with E-state index in [1.165, 1.54) is 14.2 Å². The largest absolute Gasteiger partial charge is 0.480 e. The molecule has 2 heterocycles. The van der Waals surface area contributed by atoms with Crippen molar-refractivity contribution in [1.29, 1.82) is 0 Å². The summed E-state index contributed by atoms with van der Waals surface area (Å²) in [5.74, 6) is -7.71. The monoisotopic (exact) mass is 827 g/mol. The predicted molar refractivity (Wildman–Crippen MR) is 215 cm³/mol. The van der Waals surface area contributed by atoms with Gasteiger partial charge in [0.1, 0.15) is 17.9 Å². The summed E-state index contributed by atoms with van der Waals surface area (Å²) in [7, 11) is 4.66. The number of aliphatic hydroxyl groups excluding tert-OH is 2. The first-order valence-electron chi connectivity index (χ1n) is 20.8. The number of alkyl halides is 1. The van der Waals surface area contributed by atoms with Crippen molar-refractivity contribution in [3.63, 3.8) is 0 Å². The van der Waals surface area contributed by atoms with Crippen LogP contribution in [0.25, 0.3) is 0 Å². The molecule has 0 aromatic heterocycles. The molecule has 2 saturated heterocycles. The molecule has 0 aromatic carbocycles. The molecule has 1 amide bonds. The Hall–Kier alpha value is -2.23. The molecule has 3 rings (SSSR count). The van der Waals surface area contributed by atoms with E-state index in [2.05, 4.69) is 0 Å². The minimum Gasteiger partial charge on any atom is -0.480 e. The molecule has 0 bridgehead atoms. The van der Waals surface area contributed by atoms with Gasteiger partial charge in [0.25, 0.3) is 11.7 Å². The second-order valence-electron chi connectivity index (χ2n) is 17.0. The minimum absolute atomic E-state index is 0.0106. The molecule has 326 valence electrons. The van der Waals surface area contributed by atoms with Gasteiger partial charge in [0.2, 0.25) is 5.79 Å². The molecule has 14 atom stereocenters. The highest BCUT2D eigenvalue weighted by molar-refractivity contribution is 6.39. The predicted octanol–water partition coefficient (Wildman–Crippen LogP) is 5.24. The summed E-state index contributed by atoms with van der Waals surface area (Å²) in [6.07, 6.45) is 5.38. The molecule has 57 heavy (non-hydrogen) atoms. The molecule has 0 spiro atoms. The lowest BCUT2D eigenvalue weighted by molar-refractivity contribution is -0.302. The van der Waals surface area contributed by atoms with Gasteiger partial charge in [-0.1, -0.05) is 45.4 Å². The normalized spacial score (nSPS) is 32.2. The van der Waals surface area contributed by atoms with E-state index >= 15 is 0 Å². The van der Waals surface area contributed by atoms with E-state index in [0.717, 1.165) is 35.3 Å². The SMILES string of the molecule is CC[C@H](/C=C(\C)C[C@H](C)C[C@H](OC)[C@H]1O[C@@](O)(C(=O)C(=O)N2CCCC[C@H]2C(=O)O)[C@H](C)C[C@@H]1OC)C(=O)C[C@H](O)[C@@H](C)[C@H](O)/C(C)=C/C1CC[C@H](Cl)[C@H](OC)C1. The number of carboxylic acid groups (broad SMARTS) is 1. The number of ether oxygens (including phenoxy) is 4. The third kappa shape index (κ3) is 12.6. The molecule has 14 heteroatoms. The number of amides is 1. The number of carboxylic acids is 1. The fourth-order valence-corrected chi connectivity index (χ4v) is 9.31. The van der Waals surface area contributed by atoms with Crippen molar-refractivity contribution in [1.82, 2.24) is 4.90 Å².